The zero-order valence-electron chi connectivity index (χ0n) is 10.6. The number of carboxylic acid groups (broad SMARTS) is 2. The van der Waals surface area contributed by atoms with E-state index in [1.54, 1.807) is 0 Å². The van der Waals surface area contributed by atoms with E-state index >= 15 is 0 Å². The van der Waals surface area contributed by atoms with Crippen LogP contribution in [-0.2, 0) is 0 Å². The molecule has 0 heterocycles. The first-order valence-corrected chi connectivity index (χ1v) is 5.87. The molecule has 6 nitrogen and oxygen atoms in total. The Bertz CT molecular complexity index is 720. The summed E-state index contributed by atoms with van der Waals surface area (Å²) >= 11 is 0. The lowest BCUT2D eigenvalue weighted by atomic mass is 10.1. The average Bonchev–Trinajstić information content (AvgIpc) is 2.47. The van der Waals surface area contributed by atoms with Crippen LogP contribution in [0.3, 0.4) is 0 Å². The summed E-state index contributed by atoms with van der Waals surface area (Å²) in [6.07, 6.45) is 0. The van der Waals surface area contributed by atoms with Crippen LogP contribution in [-0.4, -0.2) is 28.1 Å². The van der Waals surface area contributed by atoms with Crippen molar-refractivity contribution in [3.05, 3.63) is 65.2 Å². The minimum absolute atomic E-state index is 0.0232. The van der Waals surface area contributed by atoms with Crippen LogP contribution >= 0.6 is 0 Å². The van der Waals surface area contributed by atoms with E-state index in [0.29, 0.717) is 0 Å². The summed E-state index contributed by atoms with van der Waals surface area (Å²) in [6.45, 7) is 0. The third-order valence-corrected chi connectivity index (χ3v) is 2.67. The Hall–Kier alpha value is -3.15. The van der Waals surface area contributed by atoms with Gasteiger partial charge in [-0.2, -0.15) is 0 Å². The fourth-order valence-corrected chi connectivity index (χ4v) is 1.67. The monoisotopic (exact) mass is 286 g/mol. The van der Waals surface area contributed by atoms with Gasteiger partial charge in [-0.1, -0.05) is 18.2 Å². The molecule has 0 amide bonds. The van der Waals surface area contributed by atoms with Gasteiger partial charge in [0.15, 0.2) is 0 Å². The predicted molar refractivity (Wildman–Crippen MR) is 71.8 cm³/mol. The summed E-state index contributed by atoms with van der Waals surface area (Å²) in [5, 5.41) is 17.9. The second-order valence-electron chi connectivity index (χ2n) is 4.08. The molecule has 0 saturated heterocycles. The molecule has 106 valence electrons. The highest BCUT2D eigenvalue weighted by atomic mass is 16.5. The highest BCUT2D eigenvalue weighted by Gasteiger charge is 2.16. The number of rotatable bonds is 4. The van der Waals surface area contributed by atoms with Crippen molar-refractivity contribution in [3.63, 3.8) is 0 Å². The van der Waals surface area contributed by atoms with Gasteiger partial charge in [0.25, 0.3) is 0 Å². The Kier molecular flexibility index (Phi) is 3.99. The van der Waals surface area contributed by atoms with Gasteiger partial charge in [0, 0.05) is 0 Å². The van der Waals surface area contributed by atoms with Crippen molar-refractivity contribution in [3.8, 4) is 5.75 Å². The normalized spacial score (nSPS) is 9.90. The lowest BCUT2D eigenvalue weighted by Crippen LogP contribution is -2.12. The fourth-order valence-electron chi connectivity index (χ4n) is 1.67. The van der Waals surface area contributed by atoms with Gasteiger partial charge < -0.3 is 14.9 Å². The molecule has 21 heavy (non-hydrogen) atoms. The number of esters is 1. The van der Waals surface area contributed by atoms with Crippen LogP contribution in [0.15, 0.2) is 48.5 Å². The van der Waals surface area contributed by atoms with Crippen LogP contribution in [0.2, 0.25) is 0 Å². The van der Waals surface area contributed by atoms with E-state index in [4.69, 9.17) is 14.9 Å². The Morgan fingerprint density at radius 3 is 2.14 bits per heavy atom. The molecule has 0 aromatic heterocycles. The molecule has 0 fully saturated rings. The Morgan fingerprint density at radius 2 is 1.48 bits per heavy atom. The van der Waals surface area contributed by atoms with Crippen LogP contribution in [0.5, 0.6) is 5.75 Å². The number of aromatic carboxylic acids is 2. The summed E-state index contributed by atoms with van der Waals surface area (Å²) < 4.78 is 5.01. The summed E-state index contributed by atoms with van der Waals surface area (Å²) in [6, 6.07) is 11.0. The number of carbonyl (C=O) groups is 3. The quantitative estimate of drug-likeness (QED) is 0.660. The van der Waals surface area contributed by atoms with E-state index in [0.717, 1.165) is 6.07 Å². The van der Waals surface area contributed by atoms with Crippen molar-refractivity contribution < 1.29 is 29.3 Å². The van der Waals surface area contributed by atoms with Crippen LogP contribution in [0.25, 0.3) is 0 Å². The summed E-state index contributed by atoms with van der Waals surface area (Å²) in [5.41, 5.74) is -0.189. The summed E-state index contributed by atoms with van der Waals surface area (Å²) in [5.74, 6) is -3.32. The van der Waals surface area contributed by atoms with E-state index in [1.807, 2.05) is 0 Å². The van der Waals surface area contributed by atoms with E-state index in [9.17, 15) is 14.4 Å². The minimum atomic E-state index is -1.22. The largest absolute Gasteiger partial charge is 0.478 e. The number of hydrogen-bond donors (Lipinski definition) is 2. The number of ether oxygens (including phenoxy) is 1. The summed E-state index contributed by atoms with van der Waals surface area (Å²) in [7, 11) is 0. The standard InChI is InChI=1S/C15H10O6/c16-13(17)9-4-3-5-10(8-9)15(20)21-12-7-2-1-6-11(12)14(18)19/h1-8H,(H,16,17)(H,18,19). The molecule has 0 unspecified atom stereocenters. The molecule has 2 N–H and O–H groups in total. The van der Waals surface area contributed by atoms with Gasteiger partial charge in [-0.3, -0.25) is 0 Å². The maximum atomic E-state index is 12.0. The molecule has 0 aliphatic heterocycles. The third-order valence-electron chi connectivity index (χ3n) is 2.67. The molecule has 2 aromatic rings. The van der Waals surface area contributed by atoms with Gasteiger partial charge in [-0.25, -0.2) is 14.4 Å². The van der Waals surface area contributed by atoms with Crippen molar-refractivity contribution in [2.45, 2.75) is 0 Å². The first-order valence-electron chi connectivity index (χ1n) is 5.87. The van der Waals surface area contributed by atoms with Crippen LogP contribution in [0, 0.1) is 0 Å². The topological polar surface area (TPSA) is 101 Å². The first-order chi connectivity index (χ1) is 9.99. The zero-order valence-corrected chi connectivity index (χ0v) is 10.6. The van der Waals surface area contributed by atoms with Crippen molar-refractivity contribution in [2.24, 2.45) is 0 Å². The Labute approximate surface area is 119 Å². The van der Waals surface area contributed by atoms with E-state index in [2.05, 4.69) is 0 Å². The molecule has 6 heteroatoms. The second kappa shape index (κ2) is 5.87. The predicted octanol–water partition coefficient (Wildman–Crippen LogP) is 2.30. The molecule has 2 aromatic carbocycles. The number of benzene rings is 2. The van der Waals surface area contributed by atoms with Gasteiger partial charge in [-0.15, -0.1) is 0 Å². The van der Waals surface area contributed by atoms with Crippen molar-refractivity contribution in [1.82, 2.24) is 0 Å². The number of carboxylic acids is 2. The van der Waals surface area contributed by atoms with Gasteiger partial charge in [-0.05, 0) is 30.3 Å². The molecule has 0 spiro atoms. The molecular formula is C15H10O6. The van der Waals surface area contributed by atoms with Crippen molar-refractivity contribution in [2.75, 3.05) is 0 Å². The SMILES string of the molecule is O=C(O)c1cccc(C(=O)Oc2ccccc2C(=O)O)c1. The lowest BCUT2D eigenvalue weighted by Gasteiger charge is -2.07. The molecule has 0 aliphatic rings. The minimum Gasteiger partial charge on any atom is -0.478 e. The zero-order chi connectivity index (χ0) is 15.4. The summed E-state index contributed by atoms with van der Waals surface area (Å²) in [4.78, 5) is 33.8. The number of para-hydroxylation sites is 1. The second-order valence-corrected chi connectivity index (χ2v) is 4.08. The van der Waals surface area contributed by atoms with E-state index < -0.39 is 17.9 Å². The molecular weight excluding hydrogens is 276 g/mol. The third kappa shape index (κ3) is 3.24. The Balaban J connectivity index is 2.28. The molecule has 0 saturated carbocycles. The fraction of sp³-hybridized carbons (Fsp3) is 0. The van der Waals surface area contributed by atoms with Gasteiger partial charge >= 0.3 is 17.9 Å². The van der Waals surface area contributed by atoms with Gasteiger partial charge in [0.1, 0.15) is 11.3 Å². The van der Waals surface area contributed by atoms with Crippen LogP contribution < -0.4 is 4.74 Å². The number of carbonyl (C=O) groups excluding carboxylic acids is 1. The van der Waals surface area contributed by atoms with E-state index in [-0.39, 0.29) is 22.4 Å². The molecule has 0 aliphatic carbocycles. The Morgan fingerprint density at radius 1 is 0.810 bits per heavy atom. The smallest absolute Gasteiger partial charge is 0.343 e. The van der Waals surface area contributed by atoms with Gasteiger partial charge in [0.2, 0.25) is 0 Å². The van der Waals surface area contributed by atoms with Crippen molar-refractivity contribution in [1.29, 1.82) is 0 Å². The molecule has 0 radical (unpaired) electrons. The first kappa shape index (κ1) is 14.3. The molecule has 2 rings (SSSR count). The average molecular weight is 286 g/mol. The van der Waals surface area contributed by atoms with E-state index in [1.165, 1.54) is 42.5 Å². The van der Waals surface area contributed by atoms with Crippen LogP contribution in [0.1, 0.15) is 31.1 Å². The molecule has 0 atom stereocenters. The maximum absolute atomic E-state index is 12.0. The highest BCUT2D eigenvalue weighted by molar-refractivity contribution is 5.97. The van der Waals surface area contributed by atoms with Crippen LogP contribution in [0.4, 0.5) is 0 Å². The highest BCUT2D eigenvalue weighted by Crippen LogP contribution is 2.19. The van der Waals surface area contributed by atoms with Gasteiger partial charge in [0.05, 0.1) is 11.1 Å². The lowest BCUT2D eigenvalue weighted by molar-refractivity contribution is 0.0676. The maximum Gasteiger partial charge on any atom is 0.343 e. The molecule has 0 bridgehead atoms. The van der Waals surface area contributed by atoms with Crippen molar-refractivity contribution >= 4 is 17.9 Å². The number of hydrogen-bond acceptors (Lipinski definition) is 4.